The minimum absolute atomic E-state index is 0.0615. The summed E-state index contributed by atoms with van der Waals surface area (Å²) in [7, 11) is 2.13. The Kier molecular flexibility index (Phi) is 8.07. The summed E-state index contributed by atoms with van der Waals surface area (Å²) in [6.07, 6.45) is 3.27. The van der Waals surface area contributed by atoms with Crippen LogP contribution < -0.4 is 10.2 Å². The van der Waals surface area contributed by atoms with Crippen molar-refractivity contribution >= 4 is 24.2 Å². The quantitative estimate of drug-likeness (QED) is 0.411. The molecule has 0 saturated carbocycles. The molecule has 8 nitrogen and oxygen atoms in total. The first kappa shape index (κ1) is 25.2. The molecule has 0 spiro atoms. The molecule has 188 valence electrons. The summed E-state index contributed by atoms with van der Waals surface area (Å²) in [5.41, 5.74) is 4.27. The fraction of sp³-hybridized carbons (Fsp3) is 0.458. The summed E-state index contributed by atoms with van der Waals surface area (Å²) in [6.45, 7) is 8.15. The zero-order valence-corrected chi connectivity index (χ0v) is 21.1. The Morgan fingerprint density at radius 2 is 2.06 bits per heavy atom. The van der Waals surface area contributed by atoms with Gasteiger partial charge in [-0.1, -0.05) is 0 Å². The number of aryl methyl sites for hydroxylation is 1. The topological polar surface area (TPSA) is 71.2 Å². The summed E-state index contributed by atoms with van der Waals surface area (Å²) >= 11 is 1.86. The van der Waals surface area contributed by atoms with Gasteiger partial charge >= 0.3 is 0 Å². The Labute approximate surface area is 208 Å². The highest BCUT2D eigenvalue weighted by atomic mass is 32.2. The van der Waals surface area contributed by atoms with E-state index in [1.807, 2.05) is 18.1 Å². The monoisotopic (exact) mass is 503 g/mol. The number of carbonyl (C=O) groups excluding carboxylic acids is 1. The van der Waals surface area contributed by atoms with Gasteiger partial charge in [-0.3, -0.25) is 9.48 Å². The first-order valence-corrected chi connectivity index (χ1v) is 12.4. The van der Waals surface area contributed by atoms with E-state index in [0.29, 0.717) is 30.8 Å². The van der Waals surface area contributed by atoms with Crippen molar-refractivity contribution in [3.8, 4) is 0 Å². The van der Waals surface area contributed by atoms with Crippen LogP contribution >= 0.6 is 11.9 Å². The molecular formula is C24H31F2N7OS. The molecule has 0 bridgehead atoms. The lowest BCUT2D eigenvalue weighted by Gasteiger charge is -2.26. The number of pyridine rings is 1. The van der Waals surface area contributed by atoms with Crippen LogP contribution in [0.15, 0.2) is 35.5 Å². The van der Waals surface area contributed by atoms with Gasteiger partial charge in [0.05, 0.1) is 25.3 Å². The Bertz CT molecular complexity index is 1160. The lowest BCUT2D eigenvalue weighted by Crippen LogP contribution is -2.28. The van der Waals surface area contributed by atoms with Gasteiger partial charge in [-0.15, -0.1) is 0 Å². The predicted octanol–water partition coefficient (Wildman–Crippen LogP) is 3.38. The van der Waals surface area contributed by atoms with Crippen LogP contribution in [0, 0.1) is 19.7 Å². The number of nitrogens with one attached hydrogen (secondary N) is 1. The van der Waals surface area contributed by atoms with Crippen molar-refractivity contribution in [3.63, 3.8) is 0 Å². The Morgan fingerprint density at radius 1 is 1.23 bits per heavy atom. The molecule has 1 amide bonds. The fourth-order valence-corrected chi connectivity index (χ4v) is 5.38. The smallest absolute Gasteiger partial charge is 0.207 e. The third-order valence-electron chi connectivity index (χ3n) is 6.43. The van der Waals surface area contributed by atoms with Crippen molar-refractivity contribution in [1.29, 1.82) is 0 Å². The molecule has 0 aliphatic carbocycles. The molecule has 5 rings (SSSR count). The molecule has 1 fully saturated rings. The zero-order valence-electron chi connectivity index (χ0n) is 20.2. The van der Waals surface area contributed by atoms with Gasteiger partial charge in [0.25, 0.3) is 0 Å². The van der Waals surface area contributed by atoms with Crippen molar-refractivity contribution in [2.75, 3.05) is 24.5 Å². The molecule has 3 aromatic heterocycles. The lowest BCUT2D eigenvalue weighted by atomic mass is 10.2. The highest BCUT2D eigenvalue weighted by molar-refractivity contribution is 7.97. The number of hydrogen-bond acceptors (Lipinski definition) is 6. The minimum Gasteiger partial charge on any atom is -0.354 e. The third kappa shape index (κ3) is 5.84. The van der Waals surface area contributed by atoms with Crippen LogP contribution in [0.3, 0.4) is 0 Å². The third-order valence-corrected chi connectivity index (χ3v) is 7.61. The van der Waals surface area contributed by atoms with E-state index in [9.17, 15) is 13.6 Å². The van der Waals surface area contributed by atoms with Gasteiger partial charge in [-0.25, -0.2) is 18.1 Å². The van der Waals surface area contributed by atoms with Crippen LogP contribution in [0.1, 0.15) is 29.1 Å². The Morgan fingerprint density at radius 3 is 2.74 bits per heavy atom. The number of carbonyl (C=O) groups is 1. The van der Waals surface area contributed by atoms with Crippen molar-refractivity contribution < 1.29 is 13.6 Å². The van der Waals surface area contributed by atoms with Gasteiger partial charge in [0.2, 0.25) is 6.41 Å². The van der Waals surface area contributed by atoms with E-state index in [-0.39, 0.29) is 13.1 Å². The van der Waals surface area contributed by atoms with Crippen molar-refractivity contribution in [2.45, 2.75) is 51.0 Å². The molecule has 11 heteroatoms. The maximum atomic E-state index is 13.6. The molecule has 2 aliphatic heterocycles. The molecule has 1 N–H and O–H groups in total. The number of nitrogens with zero attached hydrogens (tertiary/aromatic N) is 6. The lowest BCUT2D eigenvalue weighted by molar-refractivity contribution is -0.109. The van der Waals surface area contributed by atoms with E-state index in [4.69, 9.17) is 0 Å². The maximum absolute atomic E-state index is 13.6. The summed E-state index contributed by atoms with van der Waals surface area (Å²) in [4.78, 5) is 17.4. The molecule has 2 aliphatic rings. The van der Waals surface area contributed by atoms with Crippen molar-refractivity contribution in [3.05, 3.63) is 59.1 Å². The predicted molar refractivity (Wildman–Crippen MR) is 132 cm³/mol. The Balaban J connectivity index is 0.000000165. The largest absolute Gasteiger partial charge is 0.354 e. The van der Waals surface area contributed by atoms with E-state index in [0.717, 1.165) is 19.6 Å². The standard InChI is InChI=1S/C13H18N4S.C11H13F2N3O/c1-10-8-13(11(2)15(10)3)18-16-6-7-17-12(9-16)4-5-14-17;12-8-2-4-16(6-8)11-9(5-14-7-17)10(13)1-3-15-11/h4-5,8H,6-7,9H2,1-3H3;1,3,7-8H,2,4-6H2,(H,14,17). The van der Waals surface area contributed by atoms with Crippen molar-refractivity contribution in [1.82, 2.24) is 29.0 Å². The van der Waals surface area contributed by atoms with Gasteiger partial charge in [0, 0.05) is 60.9 Å². The molecule has 35 heavy (non-hydrogen) atoms. The normalized spacial score (nSPS) is 17.6. The first-order valence-electron chi connectivity index (χ1n) is 11.6. The number of aromatic nitrogens is 4. The van der Waals surface area contributed by atoms with Crippen LogP contribution in [0.2, 0.25) is 0 Å². The number of rotatable bonds is 6. The number of fused-ring (bicyclic) bond motifs is 1. The van der Waals surface area contributed by atoms with Crippen LogP contribution in [0.25, 0.3) is 0 Å². The van der Waals surface area contributed by atoms with Gasteiger partial charge < -0.3 is 14.8 Å². The van der Waals surface area contributed by atoms with Gasteiger partial charge in [0.1, 0.15) is 17.8 Å². The van der Waals surface area contributed by atoms with E-state index >= 15 is 0 Å². The van der Waals surface area contributed by atoms with Gasteiger partial charge in [0.15, 0.2) is 0 Å². The highest BCUT2D eigenvalue weighted by Crippen LogP contribution is 2.31. The van der Waals surface area contributed by atoms with Gasteiger partial charge in [-0.05, 0) is 50.4 Å². The number of halogens is 2. The molecule has 5 heterocycles. The molecule has 3 aromatic rings. The molecule has 0 radical (unpaired) electrons. The number of anilines is 1. The second-order valence-corrected chi connectivity index (χ2v) is 9.86. The number of hydrogen-bond donors (Lipinski definition) is 1. The maximum Gasteiger partial charge on any atom is 0.207 e. The molecular weight excluding hydrogens is 472 g/mol. The van der Waals surface area contributed by atoms with Crippen LogP contribution in [-0.2, 0) is 31.5 Å². The average molecular weight is 504 g/mol. The summed E-state index contributed by atoms with van der Waals surface area (Å²) in [5.74, 6) is -0.0221. The van der Waals surface area contributed by atoms with Crippen LogP contribution in [0.5, 0.6) is 0 Å². The average Bonchev–Trinajstić information content (AvgIpc) is 3.55. The van der Waals surface area contributed by atoms with E-state index in [1.165, 1.54) is 34.2 Å². The van der Waals surface area contributed by atoms with Gasteiger partial charge in [-0.2, -0.15) is 5.10 Å². The second-order valence-electron chi connectivity index (χ2n) is 8.72. The highest BCUT2D eigenvalue weighted by Gasteiger charge is 2.25. The number of amides is 1. The second kappa shape index (κ2) is 11.2. The van der Waals surface area contributed by atoms with Crippen LogP contribution in [0.4, 0.5) is 14.6 Å². The van der Waals surface area contributed by atoms with E-state index in [2.05, 4.69) is 62.0 Å². The fourth-order valence-electron chi connectivity index (χ4n) is 4.24. The van der Waals surface area contributed by atoms with Crippen molar-refractivity contribution in [2.24, 2.45) is 7.05 Å². The number of alkyl halides is 1. The molecule has 1 atom stereocenters. The summed E-state index contributed by atoms with van der Waals surface area (Å²) in [5, 5.41) is 6.71. The summed E-state index contributed by atoms with van der Waals surface area (Å²) < 4.78 is 33.5. The Hall–Kier alpha value is -2.92. The van der Waals surface area contributed by atoms with Crippen LogP contribution in [-0.4, -0.2) is 55.9 Å². The molecule has 1 unspecified atom stereocenters. The first-order chi connectivity index (χ1) is 16.9. The molecule has 0 aromatic carbocycles. The summed E-state index contributed by atoms with van der Waals surface area (Å²) in [6, 6.07) is 5.61. The van der Waals surface area contributed by atoms with E-state index < -0.39 is 12.0 Å². The SMILES string of the molecule is Cc1cc(SN2CCn3nccc3C2)c(C)n1C.O=CNCc1c(F)ccnc1N1CCC(F)C1. The minimum atomic E-state index is -0.896. The van der Waals surface area contributed by atoms with E-state index in [1.54, 1.807) is 4.90 Å². The zero-order chi connectivity index (χ0) is 24.9. The molecule has 1 saturated heterocycles.